The largest absolute Gasteiger partial charge is 0.416 e. The first kappa shape index (κ1) is 27.0. The van der Waals surface area contributed by atoms with E-state index in [9.17, 15) is 18.0 Å². The summed E-state index contributed by atoms with van der Waals surface area (Å²) in [6, 6.07) is 4.44. The van der Waals surface area contributed by atoms with Crippen LogP contribution in [0.2, 0.25) is 0 Å². The zero-order valence-corrected chi connectivity index (χ0v) is 18.0. The van der Waals surface area contributed by atoms with Gasteiger partial charge in [0.1, 0.15) is 6.04 Å². The average molecular weight is 444 g/mol. The number of rotatable bonds is 6. The number of hydrogen-bond donors (Lipinski definition) is 1. The van der Waals surface area contributed by atoms with Crippen molar-refractivity contribution in [3.63, 3.8) is 0 Å². The van der Waals surface area contributed by atoms with E-state index in [0.717, 1.165) is 18.6 Å². The number of amides is 1. The highest BCUT2D eigenvalue weighted by atomic mass is 35.5. The first-order chi connectivity index (χ1) is 12.2. The number of alkyl halides is 3. The van der Waals surface area contributed by atoms with E-state index in [1.54, 1.807) is 11.0 Å². The molecule has 1 saturated heterocycles. The molecule has 9 heteroatoms. The van der Waals surface area contributed by atoms with E-state index in [0.29, 0.717) is 31.7 Å². The summed E-state index contributed by atoms with van der Waals surface area (Å²) < 4.78 is 39.4. The quantitative estimate of drug-likeness (QED) is 0.718. The van der Waals surface area contributed by atoms with Crippen molar-refractivity contribution in [1.82, 2.24) is 9.80 Å². The normalized spacial score (nSPS) is 20.5. The molecular formula is C19H30Cl2F3N3O. The Kier molecular flexibility index (Phi) is 10.8. The highest BCUT2D eigenvalue weighted by Crippen LogP contribution is 2.34. The van der Waals surface area contributed by atoms with Crippen LogP contribution in [-0.2, 0) is 11.0 Å². The van der Waals surface area contributed by atoms with Gasteiger partial charge in [-0.2, -0.15) is 13.2 Å². The second-order valence-electron chi connectivity index (χ2n) is 6.92. The van der Waals surface area contributed by atoms with E-state index >= 15 is 0 Å². The molecular weight excluding hydrogens is 414 g/mol. The molecule has 1 aliphatic rings. The maximum atomic E-state index is 13.3. The van der Waals surface area contributed by atoms with Gasteiger partial charge in [-0.25, -0.2) is 0 Å². The van der Waals surface area contributed by atoms with Crippen LogP contribution in [0.15, 0.2) is 24.3 Å². The Labute approximate surface area is 177 Å². The molecule has 1 aromatic carbocycles. The Balaban J connectivity index is 0.00000364. The van der Waals surface area contributed by atoms with Gasteiger partial charge in [0, 0.05) is 12.6 Å². The third-order valence-corrected chi connectivity index (χ3v) is 5.22. The lowest BCUT2D eigenvalue weighted by atomic mass is 10.0. The predicted octanol–water partition coefficient (Wildman–Crippen LogP) is 4.13. The van der Waals surface area contributed by atoms with Gasteiger partial charge in [-0.1, -0.05) is 26.0 Å². The Morgan fingerprint density at radius 2 is 1.89 bits per heavy atom. The molecule has 3 atom stereocenters. The molecule has 0 spiro atoms. The van der Waals surface area contributed by atoms with Gasteiger partial charge in [-0.05, 0) is 56.6 Å². The highest BCUT2D eigenvalue weighted by Gasteiger charge is 2.38. The number of hydrogen-bond acceptors (Lipinski definition) is 3. The van der Waals surface area contributed by atoms with Crippen LogP contribution in [0.4, 0.5) is 13.2 Å². The van der Waals surface area contributed by atoms with Crippen molar-refractivity contribution in [2.75, 3.05) is 26.2 Å². The number of nitrogens with zero attached hydrogens (tertiary/aromatic N) is 2. The van der Waals surface area contributed by atoms with Crippen molar-refractivity contribution >= 4 is 30.7 Å². The Morgan fingerprint density at radius 3 is 2.36 bits per heavy atom. The second kappa shape index (κ2) is 11.2. The van der Waals surface area contributed by atoms with Crippen LogP contribution in [0.3, 0.4) is 0 Å². The summed E-state index contributed by atoms with van der Waals surface area (Å²) in [6.07, 6.45) is -3.60. The SMILES string of the molecule is CCN(CC)C(C(=O)N1CC(CN)CC1C)c1cccc(C(F)(F)F)c1.Cl.Cl. The number of halogens is 5. The molecule has 2 N–H and O–H groups in total. The Bertz CT molecular complexity index is 627. The molecule has 1 aliphatic heterocycles. The van der Waals surface area contributed by atoms with Crippen molar-refractivity contribution in [1.29, 1.82) is 0 Å². The molecule has 0 radical (unpaired) electrons. The fourth-order valence-electron chi connectivity index (χ4n) is 3.76. The molecule has 162 valence electrons. The number of likely N-dealkylation sites (tertiary alicyclic amines) is 1. The molecule has 2 rings (SSSR count). The minimum absolute atomic E-state index is 0. The van der Waals surface area contributed by atoms with Gasteiger partial charge in [0.2, 0.25) is 5.91 Å². The number of carbonyl (C=O) groups excluding carboxylic acids is 1. The third kappa shape index (κ3) is 5.99. The van der Waals surface area contributed by atoms with Gasteiger partial charge in [-0.15, -0.1) is 24.8 Å². The molecule has 0 saturated carbocycles. The lowest BCUT2D eigenvalue weighted by Crippen LogP contribution is -2.44. The molecule has 0 aliphatic carbocycles. The van der Waals surface area contributed by atoms with E-state index in [2.05, 4.69) is 0 Å². The number of likely N-dealkylation sites (N-methyl/N-ethyl adjacent to an activating group) is 1. The zero-order valence-electron chi connectivity index (χ0n) is 16.4. The maximum absolute atomic E-state index is 13.3. The van der Waals surface area contributed by atoms with Gasteiger partial charge < -0.3 is 10.6 Å². The molecule has 1 aromatic rings. The molecule has 28 heavy (non-hydrogen) atoms. The second-order valence-corrected chi connectivity index (χ2v) is 6.92. The van der Waals surface area contributed by atoms with Crippen LogP contribution >= 0.6 is 24.8 Å². The van der Waals surface area contributed by atoms with E-state index in [-0.39, 0.29) is 42.7 Å². The minimum atomic E-state index is -4.43. The molecule has 0 bridgehead atoms. The minimum Gasteiger partial charge on any atom is -0.338 e. The first-order valence-electron chi connectivity index (χ1n) is 9.14. The molecule has 1 amide bonds. The van der Waals surface area contributed by atoms with Crippen LogP contribution < -0.4 is 5.73 Å². The van der Waals surface area contributed by atoms with E-state index < -0.39 is 17.8 Å². The Hall–Kier alpha value is -1.02. The van der Waals surface area contributed by atoms with Crippen LogP contribution in [0, 0.1) is 5.92 Å². The zero-order chi connectivity index (χ0) is 19.5. The van der Waals surface area contributed by atoms with E-state index in [4.69, 9.17) is 5.73 Å². The Morgan fingerprint density at radius 1 is 1.29 bits per heavy atom. The van der Waals surface area contributed by atoms with Crippen LogP contribution in [0.5, 0.6) is 0 Å². The van der Waals surface area contributed by atoms with Gasteiger partial charge in [0.15, 0.2) is 0 Å². The van der Waals surface area contributed by atoms with Gasteiger partial charge >= 0.3 is 6.18 Å². The fraction of sp³-hybridized carbons (Fsp3) is 0.632. The summed E-state index contributed by atoms with van der Waals surface area (Å²) in [4.78, 5) is 17.0. The van der Waals surface area contributed by atoms with Crippen molar-refractivity contribution in [3.8, 4) is 0 Å². The highest BCUT2D eigenvalue weighted by molar-refractivity contribution is 5.85. The van der Waals surface area contributed by atoms with Crippen LogP contribution in [-0.4, -0.2) is 47.9 Å². The van der Waals surface area contributed by atoms with Crippen molar-refractivity contribution in [2.45, 2.75) is 45.5 Å². The molecule has 0 aromatic heterocycles. The fourth-order valence-corrected chi connectivity index (χ4v) is 3.76. The maximum Gasteiger partial charge on any atom is 0.416 e. The lowest BCUT2D eigenvalue weighted by molar-refractivity contribution is -0.139. The first-order valence-corrected chi connectivity index (χ1v) is 9.14. The summed E-state index contributed by atoms with van der Waals surface area (Å²) in [5.74, 6) is 0.101. The number of benzene rings is 1. The van der Waals surface area contributed by atoms with Gasteiger partial charge in [0.25, 0.3) is 0 Å². The summed E-state index contributed by atoms with van der Waals surface area (Å²) in [7, 11) is 0. The summed E-state index contributed by atoms with van der Waals surface area (Å²) in [5.41, 5.74) is 5.41. The molecule has 3 unspecified atom stereocenters. The van der Waals surface area contributed by atoms with E-state index in [1.165, 1.54) is 6.07 Å². The van der Waals surface area contributed by atoms with Crippen molar-refractivity contribution in [3.05, 3.63) is 35.4 Å². The summed E-state index contributed by atoms with van der Waals surface area (Å²) in [5, 5.41) is 0. The molecule has 1 heterocycles. The van der Waals surface area contributed by atoms with Gasteiger partial charge in [-0.3, -0.25) is 9.69 Å². The van der Waals surface area contributed by atoms with E-state index in [1.807, 2.05) is 25.7 Å². The van der Waals surface area contributed by atoms with Crippen molar-refractivity contribution < 1.29 is 18.0 Å². The summed E-state index contributed by atoms with van der Waals surface area (Å²) in [6.45, 7) is 8.01. The van der Waals surface area contributed by atoms with Crippen LogP contribution in [0.25, 0.3) is 0 Å². The third-order valence-electron chi connectivity index (χ3n) is 5.22. The lowest BCUT2D eigenvalue weighted by Gasteiger charge is -2.34. The van der Waals surface area contributed by atoms with Crippen LogP contribution in [0.1, 0.15) is 44.4 Å². The smallest absolute Gasteiger partial charge is 0.338 e. The van der Waals surface area contributed by atoms with Crippen molar-refractivity contribution in [2.24, 2.45) is 11.7 Å². The van der Waals surface area contributed by atoms with Gasteiger partial charge in [0.05, 0.1) is 5.56 Å². The monoisotopic (exact) mass is 443 g/mol. The predicted molar refractivity (Wildman–Crippen MR) is 110 cm³/mol. The number of carbonyl (C=O) groups is 1. The molecule has 4 nitrogen and oxygen atoms in total. The standard InChI is InChI=1S/C19H28F3N3O.2ClH/c1-4-24(5-2)17(15-7-6-8-16(10-15)19(20,21)22)18(26)25-12-14(11-23)9-13(25)3;;/h6-8,10,13-14,17H,4-5,9,11-12,23H2,1-3H3;2*1H. The average Bonchev–Trinajstić information content (AvgIpc) is 2.99. The number of nitrogens with two attached hydrogens (primary N) is 1. The summed E-state index contributed by atoms with van der Waals surface area (Å²) >= 11 is 0. The molecule has 1 fully saturated rings. The topological polar surface area (TPSA) is 49.6 Å².